The van der Waals surface area contributed by atoms with E-state index in [1.165, 1.54) is 20.2 Å². The number of carbonyl (C=O) groups is 3. The van der Waals surface area contributed by atoms with Gasteiger partial charge in [0.2, 0.25) is 15.9 Å². The number of nitro groups is 1. The Morgan fingerprint density at radius 3 is 2.29 bits per heavy atom. The number of carbonyl (C=O) groups excluding carboxylic acids is 3. The van der Waals surface area contributed by atoms with Crippen LogP contribution in [0.15, 0.2) is 53.4 Å². The number of methoxy groups -OCH3 is 1. The molecular formula is C20H23N5O8S. The Labute approximate surface area is 195 Å². The number of nitrogens with one attached hydrogen (secondary N) is 3. The van der Waals surface area contributed by atoms with Gasteiger partial charge < -0.3 is 10.1 Å². The summed E-state index contributed by atoms with van der Waals surface area (Å²) in [5, 5.41) is 13.0. The van der Waals surface area contributed by atoms with Gasteiger partial charge >= 0.3 is 11.8 Å². The summed E-state index contributed by atoms with van der Waals surface area (Å²) in [6, 6.07) is 10.9. The zero-order valence-electron chi connectivity index (χ0n) is 18.3. The van der Waals surface area contributed by atoms with Crippen LogP contribution in [0.3, 0.4) is 0 Å². The lowest BCUT2D eigenvalue weighted by Crippen LogP contribution is -2.46. The van der Waals surface area contributed by atoms with Crippen molar-refractivity contribution in [3.05, 3.63) is 58.6 Å². The summed E-state index contributed by atoms with van der Waals surface area (Å²) in [6.07, 6.45) is -0.0354. The number of hydrogen-bond acceptors (Lipinski definition) is 8. The van der Waals surface area contributed by atoms with Crippen molar-refractivity contribution in [2.24, 2.45) is 0 Å². The van der Waals surface area contributed by atoms with Crippen molar-refractivity contribution < 1.29 is 32.5 Å². The Hall–Kier alpha value is -4.04. The second-order valence-electron chi connectivity index (χ2n) is 6.84. The van der Waals surface area contributed by atoms with Crippen LogP contribution in [0.2, 0.25) is 0 Å². The first-order chi connectivity index (χ1) is 16.1. The number of hydrazine groups is 1. The van der Waals surface area contributed by atoms with Crippen LogP contribution in [0, 0.1) is 10.1 Å². The van der Waals surface area contributed by atoms with Gasteiger partial charge in [-0.05, 0) is 30.7 Å². The van der Waals surface area contributed by atoms with Crippen LogP contribution in [-0.2, 0) is 24.4 Å². The number of sulfonamides is 1. The number of para-hydroxylation sites is 2. The maximum atomic E-state index is 12.5. The molecule has 0 spiro atoms. The van der Waals surface area contributed by atoms with E-state index in [1.807, 2.05) is 5.43 Å². The summed E-state index contributed by atoms with van der Waals surface area (Å²) in [5.41, 5.74) is 4.08. The van der Waals surface area contributed by atoms with Gasteiger partial charge in [0.05, 0.1) is 22.6 Å². The third kappa shape index (κ3) is 6.98. The number of rotatable bonds is 9. The normalized spacial score (nSPS) is 10.9. The SMILES string of the molecule is COc1ccccc1NC(=O)C(=O)NNC(=O)CCCN(C)S(=O)(=O)c1ccc([N+](=O)[O-])cc1. The first-order valence-corrected chi connectivity index (χ1v) is 11.2. The molecule has 3 amide bonds. The van der Waals surface area contributed by atoms with E-state index in [-0.39, 0.29) is 35.7 Å². The van der Waals surface area contributed by atoms with Crippen molar-refractivity contribution in [3.8, 4) is 5.75 Å². The highest BCUT2D eigenvalue weighted by Crippen LogP contribution is 2.22. The van der Waals surface area contributed by atoms with Crippen LogP contribution >= 0.6 is 0 Å². The largest absolute Gasteiger partial charge is 0.495 e. The fourth-order valence-corrected chi connectivity index (χ4v) is 3.88. The number of ether oxygens (including phenoxy) is 1. The number of anilines is 1. The minimum Gasteiger partial charge on any atom is -0.495 e. The zero-order valence-corrected chi connectivity index (χ0v) is 19.1. The van der Waals surface area contributed by atoms with Crippen molar-refractivity contribution in [2.75, 3.05) is 26.0 Å². The number of non-ortho nitro benzene ring substituents is 1. The Bertz CT molecular complexity index is 1170. The highest BCUT2D eigenvalue weighted by Gasteiger charge is 2.22. The molecule has 2 rings (SSSR count). The number of benzene rings is 2. The van der Waals surface area contributed by atoms with Gasteiger partial charge in [-0.3, -0.25) is 35.3 Å². The molecule has 14 heteroatoms. The molecule has 3 N–H and O–H groups in total. The fraction of sp³-hybridized carbons (Fsp3) is 0.250. The smallest absolute Gasteiger partial charge is 0.328 e. The number of nitro benzene ring substituents is 1. The third-order valence-corrected chi connectivity index (χ3v) is 6.38. The molecule has 0 aliphatic heterocycles. The molecule has 0 radical (unpaired) electrons. The molecule has 0 fully saturated rings. The Morgan fingerprint density at radius 1 is 1.03 bits per heavy atom. The molecule has 2 aromatic rings. The van der Waals surface area contributed by atoms with Gasteiger partial charge in [-0.15, -0.1) is 0 Å². The monoisotopic (exact) mass is 493 g/mol. The van der Waals surface area contributed by atoms with Crippen molar-refractivity contribution >= 4 is 39.1 Å². The van der Waals surface area contributed by atoms with Crippen molar-refractivity contribution in [3.63, 3.8) is 0 Å². The molecule has 0 aliphatic carbocycles. The van der Waals surface area contributed by atoms with Crippen LogP contribution in [0.1, 0.15) is 12.8 Å². The van der Waals surface area contributed by atoms with Gasteiger partial charge in [0.25, 0.3) is 5.69 Å². The van der Waals surface area contributed by atoms with E-state index in [4.69, 9.17) is 4.74 Å². The summed E-state index contributed by atoms with van der Waals surface area (Å²) in [5.74, 6) is -2.43. The summed E-state index contributed by atoms with van der Waals surface area (Å²) in [7, 11) is -1.20. The molecule has 0 saturated heterocycles. The molecule has 182 valence electrons. The van der Waals surface area contributed by atoms with Crippen LogP contribution < -0.4 is 20.9 Å². The number of hydrogen-bond donors (Lipinski definition) is 3. The number of amides is 3. The molecular weight excluding hydrogens is 470 g/mol. The standard InChI is InChI=1S/C20H23N5O8S/c1-24(34(31,32)15-11-9-14(10-12-15)25(29)30)13-5-8-18(26)22-23-20(28)19(27)21-16-6-3-4-7-17(16)33-2/h3-4,6-7,9-12H,5,8,13H2,1-2H3,(H,21,27)(H,22,26)(H,23,28). The molecule has 0 saturated carbocycles. The lowest BCUT2D eigenvalue weighted by Gasteiger charge is -2.17. The van der Waals surface area contributed by atoms with E-state index in [9.17, 15) is 32.9 Å². The molecule has 13 nitrogen and oxygen atoms in total. The average molecular weight is 493 g/mol. The van der Waals surface area contributed by atoms with Gasteiger partial charge in [-0.25, -0.2) is 12.7 Å². The molecule has 2 aromatic carbocycles. The second kappa shape index (κ2) is 11.7. The molecule has 34 heavy (non-hydrogen) atoms. The first-order valence-electron chi connectivity index (χ1n) is 9.80. The van der Waals surface area contributed by atoms with Crippen LogP contribution in [-0.4, -0.2) is 56.1 Å². The van der Waals surface area contributed by atoms with Crippen LogP contribution in [0.5, 0.6) is 5.75 Å². The van der Waals surface area contributed by atoms with Crippen molar-refractivity contribution in [1.82, 2.24) is 15.2 Å². The molecule has 0 atom stereocenters. The minimum absolute atomic E-state index is 0.0328. The van der Waals surface area contributed by atoms with E-state index in [2.05, 4.69) is 10.7 Å². The van der Waals surface area contributed by atoms with Crippen LogP contribution in [0.4, 0.5) is 11.4 Å². The van der Waals surface area contributed by atoms with Gasteiger partial charge in [0.15, 0.2) is 0 Å². The van der Waals surface area contributed by atoms with Crippen molar-refractivity contribution in [1.29, 1.82) is 0 Å². The van der Waals surface area contributed by atoms with Gasteiger partial charge in [-0.1, -0.05) is 12.1 Å². The Kier molecular flexibility index (Phi) is 9.03. The summed E-state index contributed by atoms with van der Waals surface area (Å²) in [6.45, 7) is -0.0328. The first kappa shape index (κ1) is 26.2. The van der Waals surface area contributed by atoms with E-state index in [0.717, 1.165) is 28.6 Å². The fourth-order valence-electron chi connectivity index (χ4n) is 2.67. The predicted octanol–water partition coefficient (Wildman–Crippen LogP) is 0.790. The van der Waals surface area contributed by atoms with Crippen LogP contribution in [0.25, 0.3) is 0 Å². The highest BCUT2D eigenvalue weighted by atomic mass is 32.2. The topological polar surface area (TPSA) is 177 Å². The average Bonchev–Trinajstić information content (AvgIpc) is 2.82. The lowest BCUT2D eigenvalue weighted by atomic mass is 10.3. The third-order valence-electron chi connectivity index (χ3n) is 4.51. The predicted molar refractivity (Wildman–Crippen MR) is 120 cm³/mol. The van der Waals surface area contributed by atoms with E-state index < -0.39 is 32.7 Å². The molecule has 0 aromatic heterocycles. The molecule has 0 bridgehead atoms. The summed E-state index contributed by atoms with van der Waals surface area (Å²) in [4.78, 5) is 45.7. The van der Waals surface area contributed by atoms with Gasteiger partial charge in [-0.2, -0.15) is 0 Å². The quantitative estimate of drug-likeness (QED) is 0.261. The number of nitrogens with zero attached hydrogens (tertiary/aromatic N) is 2. The summed E-state index contributed by atoms with van der Waals surface area (Å²) < 4.78 is 31.1. The Balaban J connectivity index is 1.78. The second-order valence-corrected chi connectivity index (χ2v) is 8.88. The maximum Gasteiger partial charge on any atom is 0.328 e. The lowest BCUT2D eigenvalue weighted by molar-refractivity contribution is -0.384. The Morgan fingerprint density at radius 2 is 1.68 bits per heavy atom. The molecule has 0 heterocycles. The zero-order chi connectivity index (χ0) is 25.3. The molecule has 0 unspecified atom stereocenters. The molecule has 0 aliphatic rings. The van der Waals surface area contributed by atoms with Gasteiger partial charge in [0, 0.05) is 32.1 Å². The summed E-state index contributed by atoms with van der Waals surface area (Å²) >= 11 is 0. The van der Waals surface area contributed by atoms with Crippen molar-refractivity contribution in [2.45, 2.75) is 17.7 Å². The van der Waals surface area contributed by atoms with E-state index >= 15 is 0 Å². The van der Waals surface area contributed by atoms with Gasteiger partial charge in [0.1, 0.15) is 5.75 Å². The minimum atomic E-state index is -3.91. The highest BCUT2D eigenvalue weighted by molar-refractivity contribution is 7.89. The maximum absolute atomic E-state index is 12.5. The van der Waals surface area contributed by atoms with E-state index in [1.54, 1.807) is 18.2 Å². The van der Waals surface area contributed by atoms with E-state index in [0.29, 0.717) is 5.75 Å².